The Morgan fingerprint density at radius 1 is 0.935 bits per heavy atom. The molecule has 0 heterocycles. The van der Waals surface area contributed by atoms with Crippen molar-refractivity contribution in [2.24, 2.45) is 0 Å². The van der Waals surface area contributed by atoms with Crippen LogP contribution >= 0.6 is 11.6 Å². The third kappa shape index (κ3) is 5.99. The lowest BCUT2D eigenvalue weighted by molar-refractivity contribution is -0.118. The van der Waals surface area contributed by atoms with Crippen molar-refractivity contribution in [2.75, 3.05) is 24.4 Å². The highest BCUT2D eigenvalue weighted by molar-refractivity contribution is 6.31. The first kappa shape index (κ1) is 22.2. The fourth-order valence-corrected chi connectivity index (χ4v) is 3.01. The van der Waals surface area contributed by atoms with Gasteiger partial charge >= 0.3 is 0 Å². The van der Waals surface area contributed by atoms with Crippen molar-refractivity contribution in [1.82, 2.24) is 0 Å². The minimum Gasteiger partial charge on any atom is -0.495 e. The predicted molar refractivity (Wildman–Crippen MR) is 122 cm³/mol. The molecule has 0 radical (unpaired) electrons. The summed E-state index contributed by atoms with van der Waals surface area (Å²) in [5.41, 5.74) is 3.59. The second kappa shape index (κ2) is 10.00. The van der Waals surface area contributed by atoms with Crippen LogP contribution in [0.1, 0.15) is 21.5 Å². The van der Waals surface area contributed by atoms with Crippen LogP contribution in [-0.2, 0) is 4.79 Å². The minimum atomic E-state index is -0.312. The zero-order chi connectivity index (χ0) is 22.4. The highest BCUT2D eigenvalue weighted by Crippen LogP contribution is 2.26. The highest BCUT2D eigenvalue weighted by atomic mass is 35.5. The molecule has 0 unspecified atom stereocenters. The standard InChI is InChI=1S/C24H23ClN2O4/c1-15-4-11-22(30-3)21(12-15)27-24(29)17-6-9-19(10-7-17)31-14-23(28)26-18-8-5-16(2)20(25)13-18/h4-13H,14H2,1-3H3,(H,26,28)(H,27,29). The van der Waals surface area contributed by atoms with E-state index in [1.165, 1.54) is 0 Å². The van der Waals surface area contributed by atoms with Crippen LogP contribution in [0.3, 0.4) is 0 Å². The number of aryl methyl sites for hydroxylation is 2. The largest absolute Gasteiger partial charge is 0.495 e. The normalized spacial score (nSPS) is 10.3. The molecule has 0 atom stereocenters. The Bertz CT molecular complexity index is 1100. The molecule has 0 aliphatic rings. The number of rotatable bonds is 7. The van der Waals surface area contributed by atoms with Gasteiger partial charge in [0.15, 0.2) is 6.61 Å². The Balaban J connectivity index is 1.56. The average molecular weight is 439 g/mol. The Morgan fingerprint density at radius 2 is 1.68 bits per heavy atom. The molecule has 0 bridgehead atoms. The van der Waals surface area contributed by atoms with Crippen LogP contribution in [0.5, 0.6) is 11.5 Å². The molecule has 0 aliphatic carbocycles. The molecule has 0 saturated heterocycles. The third-order valence-electron chi connectivity index (χ3n) is 4.55. The van der Waals surface area contributed by atoms with Gasteiger partial charge in [0, 0.05) is 16.3 Å². The molecule has 2 amide bonds. The van der Waals surface area contributed by atoms with E-state index in [1.54, 1.807) is 49.6 Å². The number of benzene rings is 3. The molecule has 0 saturated carbocycles. The van der Waals surface area contributed by atoms with Crippen LogP contribution < -0.4 is 20.1 Å². The molecule has 2 N–H and O–H groups in total. The van der Waals surface area contributed by atoms with Gasteiger partial charge < -0.3 is 20.1 Å². The van der Waals surface area contributed by atoms with Crippen molar-refractivity contribution in [1.29, 1.82) is 0 Å². The molecule has 0 spiro atoms. The monoisotopic (exact) mass is 438 g/mol. The molecular formula is C24H23ClN2O4. The Morgan fingerprint density at radius 3 is 2.35 bits per heavy atom. The van der Waals surface area contributed by atoms with Gasteiger partial charge in [-0.3, -0.25) is 9.59 Å². The summed E-state index contributed by atoms with van der Waals surface area (Å²) in [6.45, 7) is 3.65. The van der Waals surface area contributed by atoms with E-state index in [9.17, 15) is 9.59 Å². The van der Waals surface area contributed by atoms with E-state index in [0.29, 0.717) is 33.5 Å². The van der Waals surface area contributed by atoms with Gasteiger partial charge in [0.1, 0.15) is 11.5 Å². The van der Waals surface area contributed by atoms with E-state index in [4.69, 9.17) is 21.1 Å². The van der Waals surface area contributed by atoms with Crippen LogP contribution in [0.4, 0.5) is 11.4 Å². The average Bonchev–Trinajstić information content (AvgIpc) is 2.75. The van der Waals surface area contributed by atoms with E-state index >= 15 is 0 Å². The van der Waals surface area contributed by atoms with E-state index < -0.39 is 0 Å². The molecule has 3 aromatic rings. The van der Waals surface area contributed by atoms with E-state index in [1.807, 2.05) is 32.0 Å². The Kier molecular flexibility index (Phi) is 7.15. The maximum atomic E-state index is 12.5. The van der Waals surface area contributed by atoms with Crippen molar-refractivity contribution in [3.8, 4) is 11.5 Å². The summed E-state index contributed by atoms with van der Waals surface area (Å²) < 4.78 is 10.8. The smallest absolute Gasteiger partial charge is 0.262 e. The van der Waals surface area contributed by atoms with Crippen molar-refractivity contribution in [3.63, 3.8) is 0 Å². The third-order valence-corrected chi connectivity index (χ3v) is 4.95. The summed E-state index contributed by atoms with van der Waals surface area (Å²) in [6, 6.07) is 17.4. The molecule has 7 heteroatoms. The van der Waals surface area contributed by atoms with Gasteiger partial charge in [-0.05, 0) is 73.5 Å². The van der Waals surface area contributed by atoms with Crippen LogP contribution in [0, 0.1) is 13.8 Å². The summed E-state index contributed by atoms with van der Waals surface area (Å²) >= 11 is 6.06. The van der Waals surface area contributed by atoms with Crippen LogP contribution in [0.2, 0.25) is 5.02 Å². The fraction of sp³-hybridized carbons (Fsp3) is 0.167. The quantitative estimate of drug-likeness (QED) is 0.529. The van der Waals surface area contributed by atoms with Gasteiger partial charge in [-0.25, -0.2) is 0 Å². The van der Waals surface area contributed by atoms with Crippen molar-refractivity contribution in [3.05, 3.63) is 82.4 Å². The van der Waals surface area contributed by atoms with E-state index in [2.05, 4.69) is 10.6 Å². The van der Waals surface area contributed by atoms with Crippen LogP contribution in [-0.4, -0.2) is 25.5 Å². The number of halogens is 1. The molecule has 31 heavy (non-hydrogen) atoms. The van der Waals surface area contributed by atoms with Crippen LogP contribution in [0.15, 0.2) is 60.7 Å². The van der Waals surface area contributed by atoms with Gasteiger partial charge in [-0.15, -0.1) is 0 Å². The number of hydrogen-bond donors (Lipinski definition) is 2. The molecule has 6 nitrogen and oxygen atoms in total. The summed E-state index contributed by atoms with van der Waals surface area (Å²) in [6.07, 6.45) is 0. The topological polar surface area (TPSA) is 76.7 Å². The summed E-state index contributed by atoms with van der Waals surface area (Å²) in [4.78, 5) is 24.6. The first-order chi connectivity index (χ1) is 14.9. The van der Waals surface area contributed by atoms with Gasteiger partial charge in [0.05, 0.1) is 12.8 Å². The van der Waals surface area contributed by atoms with Gasteiger partial charge in [0.2, 0.25) is 0 Å². The Labute approximate surface area is 186 Å². The van der Waals surface area contributed by atoms with Crippen molar-refractivity contribution in [2.45, 2.75) is 13.8 Å². The van der Waals surface area contributed by atoms with Crippen LogP contribution in [0.25, 0.3) is 0 Å². The van der Waals surface area contributed by atoms with E-state index in [-0.39, 0.29) is 18.4 Å². The summed E-state index contributed by atoms with van der Waals surface area (Å²) in [7, 11) is 1.55. The lowest BCUT2D eigenvalue weighted by atomic mass is 10.1. The maximum Gasteiger partial charge on any atom is 0.262 e. The predicted octanol–water partition coefficient (Wildman–Crippen LogP) is 5.24. The number of hydrogen-bond acceptors (Lipinski definition) is 4. The highest BCUT2D eigenvalue weighted by Gasteiger charge is 2.11. The lowest BCUT2D eigenvalue weighted by Gasteiger charge is -2.12. The SMILES string of the molecule is COc1ccc(C)cc1NC(=O)c1ccc(OCC(=O)Nc2ccc(C)c(Cl)c2)cc1. The molecule has 0 aromatic heterocycles. The zero-order valence-corrected chi connectivity index (χ0v) is 18.2. The summed E-state index contributed by atoms with van der Waals surface area (Å²) in [5.74, 6) is 0.472. The number of anilines is 2. The first-order valence-corrected chi connectivity index (χ1v) is 9.98. The van der Waals surface area contributed by atoms with Gasteiger partial charge in [-0.2, -0.15) is 0 Å². The number of ether oxygens (including phenoxy) is 2. The molecule has 0 fully saturated rings. The molecule has 3 aromatic carbocycles. The molecule has 160 valence electrons. The number of methoxy groups -OCH3 is 1. The number of carbonyl (C=O) groups excluding carboxylic acids is 2. The summed E-state index contributed by atoms with van der Waals surface area (Å²) in [5, 5.41) is 6.15. The number of amides is 2. The lowest BCUT2D eigenvalue weighted by Crippen LogP contribution is -2.20. The Hall–Kier alpha value is -3.51. The van der Waals surface area contributed by atoms with Gasteiger partial charge in [0.25, 0.3) is 11.8 Å². The molecule has 0 aliphatic heterocycles. The fourth-order valence-electron chi connectivity index (χ4n) is 2.83. The minimum absolute atomic E-state index is 0.169. The number of carbonyl (C=O) groups is 2. The molecular weight excluding hydrogens is 416 g/mol. The first-order valence-electron chi connectivity index (χ1n) is 9.60. The second-order valence-corrected chi connectivity index (χ2v) is 7.39. The van der Waals surface area contributed by atoms with E-state index in [0.717, 1.165) is 11.1 Å². The van der Waals surface area contributed by atoms with Crippen molar-refractivity contribution < 1.29 is 19.1 Å². The zero-order valence-electron chi connectivity index (χ0n) is 17.5. The maximum absolute atomic E-state index is 12.5. The second-order valence-electron chi connectivity index (χ2n) is 6.98. The van der Waals surface area contributed by atoms with Gasteiger partial charge in [-0.1, -0.05) is 23.7 Å². The molecule has 3 rings (SSSR count). The number of nitrogens with one attached hydrogen (secondary N) is 2. The van der Waals surface area contributed by atoms with Crippen molar-refractivity contribution >= 4 is 34.8 Å².